The molecule has 0 spiro atoms. The van der Waals surface area contributed by atoms with Gasteiger partial charge in [0, 0.05) is 0 Å². The average Bonchev–Trinajstić information content (AvgIpc) is 3.15. The van der Waals surface area contributed by atoms with E-state index >= 15 is 0 Å². The van der Waals surface area contributed by atoms with Gasteiger partial charge in [-0.25, -0.2) is 0 Å². The maximum atomic E-state index is 12.2. The summed E-state index contributed by atoms with van der Waals surface area (Å²) in [5.74, 6) is 1.60. The van der Waals surface area contributed by atoms with Crippen molar-refractivity contribution in [2.45, 2.75) is 71.5 Å². The van der Waals surface area contributed by atoms with Crippen molar-refractivity contribution in [2.24, 2.45) is 29.1 Å². The van der Waals surface area contributed by atoms with Crippen molar-refractivity contribution in [3.05, 3.63) is 0 Å². The molecule has 1 aliphatic heterocycles. The first-order valence-electron chi connectivity index (χ1n) is 8.33. The Morgan fingerprint density at radius 3 is 2.60 bits per heavy atom. The van der Waals surface area contributed by atoms with Crippen LogP contribution in [-0.4, -0.2) is 23.3 Å². The number of aliphatic carboxylic acids is 1. The van der Waals surface area contributed by atoms with E-state index in [1.807, 2.05) is 0 Å². The van der Waals surface area contributed by atoms with E-state index in [9.17, 15) is 9.90 Å². The number of epoxide rings is 1. The first-order chi connectivity index (χ1) is 9.44. The molecule has 2 saturated carbocycles. The summed E-state index contributed by atoms with van der Waals surface area (Å²) in [4.78, 5) is 12.2. The predicted octanol–water partition coefficient (Wildman–Crippen LogP) is 3.72. The summed E-state index contributed by atoms with van der Waals surface area (Å²) in [6, 6.07) is 0. The molecule has 20 heavy (non-hydrogen) atoms. The number of hydrogen-bond donors (Lipinski definition) is 1. The smallest absolute Gasteiger partial charge is 0.310 e. The molecule has 3 fully saturated rings. The molecule has 1 N–H and O–H groups in total. The van der Waals surface area contributed by atoms with E-state index in [4.69, 9.17) is 4.74 Å². The van der Waals surface area contributed by atoms with E-state index in [0.29, 0.717) is 29.8 Å². The molecule has 2 aliphatic carbocycles. The molecule has 114 valence electrons. The lowest BCUT2D eigenvalue weighted by Crippen LogP contribution is -2.48. The third-order valence-electron chi connectivity index (χ3n) is 6.29. The summed E-state index contributed by atoms with van der Waals surface area (Å²) in [7, 11) is 0. The molecular weight excluding hydrogens is 252 g/mol. The van der Waals surface area contributed by atoms with E-state index in [2.05, 4.69) is 20.8 Å². The Kier molecular flexibility index (Phi) is 3.60. The summed E-state index contributed by atoms with van der Waals surface area (Å²) >= 11 is 0. The van der Waals surface area contributed by atoms with Crippen molar-refractivity contribution in [3.8, 4) is 0 Å². The van der Waals surface area contributed by atoms with Crippen LogP contribution < -0.4 is 0 Å². The van der Waals surface area contributed by atoms with Crippen molar-refractivity contribution in [1.82, 2.24) is 0 Å². The largest absolute Gasteiger partial charge is 0.481 e. The van der Waals surface area contributed by atoms with Crippen LogP contribution in [0.25, 0.3) is 0 Å². The minimum atomic E-state index is -0.559. The topological polar surface area (TPSA) is 49.8 Å². The van der Waals surface area contributed by atoms with E-state index in [1.54, 1.807) is 0 Å². The van der Waals surface area contributed by atoms with Gasteiger partial charge in [-0.15, -0.1) is 0 Å². The second kappa shape index (κ2) is 5.01. The van der Waals surface area contributed by atoms with E-state index in [1.165, 1.54) is 12.8 Å². The van der Waals surface area contributed by atoms with Crippen LogP contribution in [0.3, 0.4) is 0 Å². The Balaban J connectivity index is 1.89. The number of fused-ring (bicyclic) bond motifs is 1. The van der Waals surface area contributed by atoms with Gasteiger partial charge in [-0.3, -0.25) is 4.79 Å². The molecule has 3 nitrogen and oxygen atoms in total. The molecule has 1 saturated heterocycles. The number of carboxylic acids is 1. The fourth-order valence-electron chi connectivity index (χ4n) is 5.00. The van der Waals surface area contributed by atoms with E-state index in [0.717, 1.165) is 25.7 Å². The van der Waals surface area contributed by atoms with Gasteiger partial charge in [0.2, 0.25) is 0 Å². The number of carbonyl (C=O) groups is 1. The zero-order chi connectivity index (χ0) is 14.5. The molecule has 0 aromatic carbocycles. The summed E-state index contributed by atoms with van der Waals surface area (Å²) in [6.07, 6.45) is 6.70. The van der Waals surface area contributed by atoms with Gasteiger partial charge < -0.3 is 9.84 Å². The molecule has 6 atom stereocenters. The zero-order valence-corrected chi connectivity index (χ0v) is 13.0. The Bertz CT molecular complexity index is 392. The zero-order valence-electron chi connectivity index (χ0n) is 13.0. The highest BCUT2D eigenvalue weighted by Gasteiger charge is 2.59. The van der Waals surface area contributed by atoms with Crippen LogP contribution in [0, 0.1) is 29.1 Å². The molecule has 1 heterocycles. The lowest BCUT2D eigenvalue weighted by atomic mass is 9.55. The average molecular weight is 280 g/mol. The maximum Gasteiger partial charge on any atom is 0.310 e. The lowest BCUT2D eigenvalue weighted by Gasteiger charge is -2.48. The van der Waals surface area contributed by atoms with Gasteiger partial charge in [-0.2, -0.15) is 0 Å². The Morgan fingerprint density at radius 1 is 1.25 bits per heavy atom. The van der Waals surface area contributed by atoms with Crippen molar-refractivity contribution in [3.63, 3.8) is 0 Å². The van der Waals surface area contributed by atoms with Crippen molar-refractivity contribution in [1.29, 1.82) is 0 Å². The normalized spacial score (nSPS) is 47.9. The second-order valence-electron chi connectivity index (χ2n) is 7.85. The molecule has 3 heteroatoms. The highest BCUT2D eigenvalue weighted by molar-refractivity contribution is 5.75. The first kappa shape index (κ1) is 14.4. The summed E-state index contributed by atoms with van der Waals surface area (Å²) in [5, 5.41) is 10.0. The molecule has 3 aliphatic rings. The van der Waals surface area contributed by atoms with Crippen LogP contribution in [-0.2, 0) is 9.53 Å². The van der Waals surface area contributed by atoms with Gasteiger partial charge in [-0.05, 0) is 55.8 Å². The third-order valence-corrected chi connectivity index (χ3v) is 6.29. The molecule has 0 amide bonds. The van der Waals surface area contributed by atoms with Gasteiger partial charge >= 0.3 is 5.97 Å². The maximum absolute atomic E-state index is 12.2. The second-order valence-corrected chi connectivity index (χ2v) is 7.85. The lowest BCUT2D eigenvalue weighted by molar-refractivity contribution is -0.159. The number of rotatable bonds is 3. The van der Waals surface area contributed by atoms with Crippen LogP contribution in [0.5, 0.6) is 0 Å². The van der Waals surface area contributed by atoms with Crippen LogP contribution in [0.4, 0.5) is 0 Å². The number of hydrogen-bond acceptors (Lipinski definition) is 2. The van der Waals surface area contributed by atoms with Gasteiger partial charge in [0.15, 0.2) is 0 Å². The van der Waals surface area contributed by atoms with Crippen molar-refractivity contribution in [2.75, 3.05) is 0 Å². The van der Waals surface area contributed by atoms with Gasteiger partial charge in [-0.1, -0.05) is 27.2 Å². The Hall–Kier alpha value is -0.570. The molecule has 0 bridgehead atoms. The molecule has 6 unspecified atom stereocenters. The molecule has 0 aromatic heterocycles. The standard InChI is InChI=1S/C17H28O3/c1-10(2)12-5-4-11(3)8-13(12)17(16(18)19)7-6-14-15(9-17)20-14/h10-15H,4-9H2,1-3H3,(H,18,19). The predicted molar refractivity (Wildman–Crippen MR) is 77.4 cm³/mol. The minimum absolute atomic E-state index is 0.241. The Labute approximate surface area is 122 Å². The summed E-state index contributed by atoms with van der Waals surface area (Å²) in [6.45, 7) is 6.82. The third kappa shape index (κ3) is 2.28. The quantitative estimate of drug-likeness (QED) is 0.802. The monoisotopic (exact) mass is 280 g/mol. The van der Waals surface area contributed by atoms with Crippen LogP contribution in [0.1, 0.15) is 59.3 Å². The van der Waals surface area contributed by atoms with Gasteiger partial charge in [0.25, 0.3) is 0 Å². The first-order valence-corrected chi connectivity index (χ1v) is 8.33. The van der Waals surface area contributed by atoms with E-state index in [-0.39, 0.29) is 6.10 Å². The van der Waals surface area contributed by atoms with Crippen molar-refractivity contribution < 1.29 is 14.6 Å². The van der Waals surface area contributed by atoms with Gasteiger partial charge in [0.1, 0.15) is 0 Å². The summed E-state index contributed by atoms with van der Waals surface area (Å²) in [5.41, 5.74) is -0.513. The molecule has 0 radical (unpaired) electrons. The summed E-state index contributed by atoms with van der Waals surface area (Å²) < 4.78 is 5.63. The molecular formula is C17H28O3. The number of carboxylic acid groups (broad SMARTS) is 1. The molecule has 0 aromatic rings. The van der Waals surface area contributed by atoms with Crippen LogP contribution in [0.2, 0.25) is 0 Å². The van der Waals surface area contributed by atoms with Crippen LogP contribution >= 0.6 is 0 Å². The van der Waals surface area contributed by atoms with E-state index < -0.39 is 11.4 Å². The van der Waals surface area contributed by atoms with Gasteiger partial charge in [0.05, 0.1) is 17.6 Å². The molecule has 3 rings (SSSR count). The highest BCUT2D eigenvalue weighted by Crippen LogP contribution is 2.57. The van der Waals surface area contributed by atoms with Crippen molar-refractivity contribution >= 4 is 5.97 Å². The Morgan fingerprint density at radius 2 is 2.00 bits per heavy atom. The fraction of sp³-hybridized carbons (Fsp3) is 0.941. The fourth-order valence-corrected chi connectivity index (χ4v) is 5.00. The van der Waals surface area contributed by atoms with Crippen LogP contribution in [0.15, 0.2) is 0 Å². The minimum Gasteiger partial charge on any atom is -0.481 e. The number of ether oxygens (including phenoxy) is 1. The SMILES string of the molecule is CC1CCC(C(C)C)C(C2(C(=O)O)CCC3OC3C2)C1. The highest BCUT2D eigenvalue weighted by atomic mass is 16.6.